The molecule has 0 spiro atoms. The summed E-state index contributed by atoms with van der Waals surface area (Å²) in [7, 11) is 0. The van der Waals surface area contributed by atoms with Gasteiger partial charge in [-0.25, -0.2) is 0 Å². The third kappa shape index (κ3) is 4.35. The van der Waals surface area contributed by atoms with Crippen molar-refractivity contribution in [3.63, 3.8) is 0 Å². The third-order valence-corrected chi connectivity index (χ3v) is 4.73. The van der Waals surface area contributed by atoms with Gasteiger partial charge in [0.2, 0.25) is 0 Å². The van der Waals surface area contributed by atoms with Gasteiger partial charge in [-0.2, -0.15) is 0 Å². The summed E-state index contributed by atoms with van der Waals surface area (Å²) in [5.74, 6) is 0. The van der Waals surface area contributed by atoms with Crippen LogP contribution in [0.5, 0.6) is 0 Å². The van der Waals surface area contributed by atoms with Crippen LogP contribution in [0.4, 0.5) is 0 Å². The topological polar surface area (TPSA) is 0 Å². The van der Waals surface area contributed by atoms with E-state index in [1.165, 1.54) is 6.42 Å². The van der Waals surface area contributed by atoms with Crippen LogP contribution < -0.4 is 24.8 Å². The average molecular weight is 330 g/mol. The van der Waals surface area contributed by atoms with E-state index in [0.717, 1.165) is 0 Å². The van der Waals surface area contributed by atoms with Crippen molar-refractivity contribution in [2.24, 2.45) is 0 Å². The van der Waals surface area contributed by atoms with Crippen molar-refractivity contribution in [2.45, 2.75) is 11.1 Å². The first-order valence-electron chi connectivity index (χ1n) is 2.47. The van der Waals surface area contributed by atoms with Crippen LogP contribution in [-0.2, 0) is 22.9 Å². The average Bonchev–Trinajstić information content (AvgIpc) is 2.14. The van der Waals surface area contributed by atoms with Gasteiger partial charge in [-0.05, 0) is 0 Å². The Morgan fingerprint density at radius 3 is 2.33 bits per heavy atom. The maximum Gasteiger partial charge on any atom is -1.00 e. The molecule has 0 saturated carbocycles. The maximum absolute atomic E-state index is 2.39. The Kier molecular flexibility index (Phi) is 9.85. The van der Waals surface area contributed by atoms with Crippen molar-refractivity contribution in [3.05, 3.63) is 21.6 Å². The number of hydrogen-bond acceptors (Lipinski definition) is 0. The molecule has 0 fully saturated rings. The van der Waals surface area contributed by atoms with Crippen molar-refractivity contribution in [2.75, 3.05) is 0 Å². The van der Waals surface area contributed by atoms with Gasteiger partial charge in [-0.3, -0.25) is 0 Å². The molecule has 0 heterocycles. The zero-order valence-electron chi connectivity index (χ0n) is 5.20. The predicted octanol–water partition coefficient (Wildman–Crippen LogP) is -4.03. The van der Waals surface area contributed by atoms with Crippen LogP contribution in [0.15, 0.2) is 21.6 Å². The first-order chi connectivity index (χ1) is 3.43. The molecule has 0 amide bonds. The molecule has 0 bridgehead atoms. The summed E-state index contributed by atoms with van der Waals surface area (Å²) in [5, 5.41) is 0. The van der Waals surface area contributed by atoms with Crippen LogP contribution in [0.2, 0.25) is 4.68 Å². The van der Waals surface area contributed by atoms with E-state index >= 15 is 0 Å². The minimum absolute atomic E-state index is 0. The molecule has 0 radical (unpaired) electrons. The number of hydrogen-bond donors (Lipinski definition) is 0. The molecular formula is C6H8Cl2Hf. The molecule has 0 atom stereocenters. The van der Waals surface area contributed by atoms with Crippen molar-refractivity contribution < 1.29 is 47.7 Å². The second-order valence-electron chi connectivity index (χ2n) is 1.57. The summed E-state index contributed by atoms with van der Waals surface area (Å²) < 4.78 is 4.14. The van der Waals surface area contributed by atoms with Crippen molar-refractivity contribution in [3.8, 4) is 0 Å². The largest absolute Gasteiger partial charge is 1.00 e. The van der Waals surface area contributed by atoms with Crippen LogP contribution in [-0.4, -0.2) is 0 Å². The van der Waals surface area contributed by atoms with E-state index in [1.54, 1.807) is 3.33 Å². The molecule has 0 nitrogen and oxygen atoms in total. The Morgan fingerprint density at radius 1 is 1.44 bits per heavy atom. The fourth-order valence-corrected chi connectivity index (χ4v) is 2.73. The van der Waals surface area contributed by atoms with Gasteiger partial charge in [-0.1, -0.05) is 0 Å². The summed E-state index contributed by atoms with van der Waals surface area (Å²) in [6.07, 6.45) is 7.97. The Bertz CT molecular complexity index is 118. The molecule has 1 rings (SSSR count). The van der Waals surface area contributed by atoms with Crippen LogP contribution in [0.1, 0.15) is 6.42 Å². The van der Waals surface area contributed by atoms with Gasteiger partial charge in [0.25, 0.3) is 0 Å². The quantitative estimate of drug-likeness (QED) is 0.430. The first kappa shape index (κ1) is 12.6. The Morgan fingerprint density at radius 2 is 2.11 bits per heavy atom. The standard InChI is InChI=1S/C5H5.CH3.2ClH.Hf/c1-2-4-5-3-1;;;;/h1-3H,4H2;1H3;2*1H;/q;;;;+2/p-2. The van der Waals surface area contributed by atoms with Gasteiger partial charge in [0.15, 0.2) is 0 Å². The molecule has 0 unspecified atom stereocenters. The number of allylic oxidation sites excluding steroid dienone is 4. The summed E-state index contributed by atoms with van der Waals surface area (Å²) >= 11 is -0.221. The molecule has 0 aromatic carbocycles. The summed E-state index contributed by atoms with van der Waals surface area (Å²) in [6.45, 7) is 0. The Labute approximate surface area is 80.0 Å². The van der Waals surface area contributed by atoms with E-state index in [0.29, 0.717) is 0 Å². The monoisotopic (exact) mass is 330 g/mol. The molecule has 0 aromatic rings. The van der Waals surface area contributed by atoms with Gasteiger partial charge in [0.05, 0.1) is 0 Å². The van der Waals surface area contributed by atoms with Gasteiger partial charge in [0.1, 0.15) is 0 Å². The first-order valence-corrected chi connectivity index (χ1v) is 7.86. The minimum atomic E-state index is -0.221. The smallest absolute Gasteiger partial charge is 1.00 e. The van der Waals surface area contributed by atoms with E-state index in [4.69, 9.17) is 0 Å². The van der Waals surface area contributed by atoms with Crippen LogP contribution >= 0.6 is 0 Å². The summed E-state index contributed by atoms with van der Waals surface area (Å²) in [5.41, 5.74) is 0. The molecule has 0 N–H and O–H groups in total. The molecule has 50 valence electrons. The van der Waals surface area contributed by atoms with Crippen molar-refractivity contribution in [1.82, 2.24) is 0 Å². The molecule has 0 saturated heterocycles. The second-order valence-corrected chi connectivity index (χ2v) is 5.68. The zero-order chi connectivity index (χ0) is 5.11. The number of halogens is 2. The predicted molar refractivity (Wildman–Crippen MR) is 27.7 cm³/mol. The molecule has 0 aromatic heterocycles. The Hall–Kier alpha value is 0.930. The zero-order valence-corrected chi connectivity index (χ0v) is 10.3. The molecule has 1 aliphatic carbocycles. The maximum atomic E-state index is 2.39. The summed E-state index contributed by atoms with van der Waals surface area (Å²) in [6, 6.07) is 0. The van der Waals surface area contributed by atoms with E-state index in [2.05, 4.69) is 22.9 Å². The fraction of sp³-hybridized carbons (Fsp3) is 0.333. The second kappa shape index (κ2) is 7.04. The summed E-state index contributed by atoms with van der Waals surface area (Å²) in [4.78, 5) is 0. The van der Waals surface area contributed by atoms with Crippen LogP contribution in [0, 0.1) is 0 Å². The molecular weight excluding hydrogens is 321 g/mol. The molecule has 0 aliphatic heterocycles. The molecule has 3 heteroatoms. The molecule has 1 aliphatic rings. The van der Waals surface area contributed by atoms with E-state index in [-0.39, 0.29) is 47.7 Å². The van der Waals surface area contributed by atoms with Gasteiger partial charge >= 0.3 is 55.6 Å². The van der Waals surface area contributed by atoms with Crippen LogP contribution in [0.25, 0.3) is 0 Å². The SMILES string of the molecule is [CH3][Hf+2][C]1=CC=CC1.[Cl-].[Cl-]. The van der Waals surface area contributed by atoms with Crippen LogP contribution in [0.3, 0.4) is 0 Å². The van der Waals surface area contributed by atoms with Crippen molar-refractivity contribution >= 4 is 0 Å². The van der Waals surface area contributed by atoms with Gasteiger partial charge in [0, 0.05) is 0 Å². The fourth-order valence-electron chi connectivity index (χ4n) is 0.633. The molecule has 9 heavy (non-hydrogen) atoms. The van der Waals surface area contributed by atoms with E-state index < -0.39 is 0 Å². The number of rotatable bonds is 1. The third-order valence-electron chi connectivity index (χ3n) is 1.09. The normalized spacial score (nSPS) is 12.8. The van der Waals surface area contributed by atoms with Crippen molar-refractivity contribution in [1.29, 1.82) is 0 Å². The Balaban J connectivity index is 0. The van der Waals surface area contributed by atoms with Gasteiger partial charge < -0.3 is 24.8 Å². The van der Waals surface area contributed by atoms with E-state index in [9.17, 15) is 0 Å². The van der Waals surface area contributed by atoms with Gasteiger partial charge in [-0.15, -0.1) is 0 Å². The van der Waals surface area contributed by atoms with E-state index in [1.807, 2.05) is 0 Å². The minimum Gasteiger partial charge on any atom is -1.00 e.